The van der Waals surface area contributed by atoms with E-state index in [9.17, 15) is 14.4 Å². The molecule has 3 amide bonds. The van der Waals surface area contributed by atoms with Crippen molar-refractivity contribution in [3.63, 3.8) is 0 Å². The summed E-state index contributed by atoms with van der Waals surface area (Å²) in [5.74, 6) is -1.02. The lowest BCUT2D eigenvalue weighted by molar-refractivity contribution is -0.136. The summed E-state index contributed by atoms with van der Waals surface area (Å²) in [6, 6.07) is 6.01. The molecule has 0 aromatic heterocycles. The number of unbranched alkanes of at least 4 members (excludes halogenated alkanes) is 1. The minimum absolute atomic E-state index is 0.143. The fraction of sp³-hybridized carbons (Fsp3) is 0.526. The third kappa shape index (κ3) is 3.21. The number of likely N-dealkylation sites (N-methyl/N-ethyl adjacent to an activating group) is 1. The predicted molar refractivity (Wildman–Crippen MR) is 92.7 cm³/mol. The van der Waals surface area contributed by atoms with Crippen LogP contribution in [0, 0.1) is 5.92 Å². The van der Waals surface area contributed by atoms with Gasteiger partial charge in [-0.15, -0.1) is 0 Å². The average Bonchev–Trinajstić information content (AvgIpc) is 2.81. The Morgan fingerprint density at radius 1 is 1.08 bits per heavy atom. The van der Waals surface area contributed by atoms with Crippen molar-refractivity contribution in [2.24, 2.45) is 5.92 Å². The Morgan fingerprint density at radius 2 is 1.62 bits per heavy atom. The van der Waals surface area contributed by atoms with E-state index in [0.717, 1.165) is 17.7 Å². The summed E-state index contributed by atoms with van der Waals surface area (Å²) >= 11 is 0. The van der Waals surface area contributed by atoms with Gasteiger partial charge in [0.25, 0.3) is 11.8 Å². The zero-order valence-corrected chi connectivity index (χ0v) is 14.9. The molecule has 0 N–H and O–H groups in total. The van der Waals surface area contributed by atoms with Gasteiger partial charge in [-0.3, -0.25) is 19.3 Å². The van der Waals surface area contributed by atoms with Crippen LogP contribution in [-0.4, -0.2) is 46.7 Å². The first-order valence-electron chi connectivity index (χ1n) is 8.69. The van der Waals surface area contributed by atoms with Crippen LogP contribution >= 0.6 is 0 Å². The average molecular weight is 330 g/mol. The van der Waals surface area contributed by atoms with Crippen molar-refractivity contribution in [2.75, 3.05) is 13.1 Å². The zero-order valence-electron chi connectivity index (χ0n) is 14.9. The van der Waals surface area contributed by atoms with Crippen LogP contribution < -0.4 is 0 Å². The quantitative estimate of drug-likeness (QED) is 0.722. The Morgan fingerprint density at radius 3 is 2.04 bits per heavy atom. The number of hydrogen-bond acceptors (Lipinski definition) is 3. The molecule has 1 atom stereocenters. The molecule has 1 unspecified atom stereocenters. The number of fused-ring (bicyclic) bond motifs is 1. The van der Waals surface area contributed by atoms with Gasteiger partial charge in [0.1, 0.15) is 6.04 Å². The largest absolute Gasteiger partial charge is 0.341 e. The normalized spacial score (nSPS) is 15.0. The number of hydrogen-bond donors (Lipinski definition) is 0. The Labute approximate surface area is 143 Å². The molecule has 24 heavy (non-hydrogen) atoms. The van der Waals surface area contributed by atoms with Crippen LogP contribution in [0.4, 0.5) is 0 Å². The molecule has 5 nitrogen and oxygen atoms in total. The molecule has 0 fully saturated rings. The van der Waals surface area contributed by atoms with E-state index in [1.54, 1.807) is 29.2 Å². The van der Waals surface area contributed by atoms with Crippen molar-refractivity contribution in [3.05, 3.63) is 35.4 Å². The SMILES string of the molecule is CCCCN(CC)C(=O)C(C(C)C)N1C(=O)c2ccccc2C1=O. The van der Waals surface area contributed by atoms with Crippen molar-refractivity contribution in [1.29, 1.82) is 0 Å². The van der Waals surface area contributed by atoms with Gasteiger partial charge >= 0.3 is 0 Å². The lowest BCUT2D eigenvalue weighted by atomic mass is 10.0. The van der Waals surface area contributed by atoms with Crippen LogP contribution in [0.2, 0.25) is 0 Å². The fourth-order valence-corrected chi connectivity index (χ4v) is 3.11. The summed E-state index contributed by atoms with van der Waals surface area (Å²) < 4.78 is 0. The Bertz CT molecular complexity index is 604. The molecule has 0 bridgehead atoms. The Kier molecular flexibility index (Phi) is 5.75. The summed E-state index contributed by atoms with van der Waals surface area (Å²) in [4.78, 5) is 41.4. The topological polar surface area (TPSA) is 57.7 Å². The second kappa shape index (κ2) is 7.60. The van der Waals surface area contributed by atoms with E-state index in [1.165, 1.54) is 0 Å². The maximum atomic E-state index is 13.0. The van der Waals surface area contributed by atoms with E-state index in [1.807, 2.05) is 20.8 Å². The van der Waals surface area contributed by atoms with E-state index in [2.05, 4.69) is 6.92 Å². The van der Waals surface area contributed by atoms with E-state index in [0.29, 0.717) is 24.2 Å². The summed E-state index contributed by atoms with van der Waals surface area (Å²) in [5, 5.41) is 0. The molecule has 1 heterocycles. The first-order chi connectivity index (χ1) is 11.4. The number of carbonyl (C=O) groups is 3. The summed E-state index contributed by atoms with van der Waals surface area (Å²) in [5.41, 5.74) is 0.773. The minimum Gasteiger partial charge on any atom is -0.341 e. The maximum absolute atomic E-state index is 13.0. The van der Waals surface area contributed by atoms with Gasteiger partial charge in [-0.05, 0) is 31.4 Å². The molecule has 0 saturated heterocycles. The minimum atomic E-state index is -0.755. The van der Waals surface area contributed by atoms with Crippen molar-refractivity contribution < 1.29 is 14.4 Å². The number of benzene rings is 1. The third-order valence-electron chi connectivity index (χ3n) is 4.46. The number of imide groups is 1. The molecule has 1 aromatic carbocycles. The van der Waals surface area contributed by atoms with Gasteiger partial charge in [0.05, 0.1) is 11.1 Å². The van der Waals surface area contributed by atoms with Crippen molar-refractivity contribution in [3.8, 4) is 0 Å². The fourth-order valence-electron chi connectivity index (χ4n) is 3.11. The molecule has 0 radical (unpaired) electrons. The van der Waals surface area contributed by atoms with Crippen molar-refractivity contribution >= 4 is 17.7 Å². The Hall–Kier alpha value is -2.17. The molecule has 0 aliphatic carbocycles. The highest BCUT2D eigenvalue weighted by atomic mass is 16.2. The van der Waals surface area contributed by atoms with Gasteiger partial charge < -0.3 is 4.90 Å². The predicted octanol–water partition coefficient (Wildman–Crippen LogP) is 2.96. The molecule has 0 spiro atoms. The van der Waals surface area contributed by atoms with Crippen LogP contribution in [0.3, 0.4) is 0 Å². The summed E-state index contributed by atoms with van der Waals surface area (Å²) in [6.07, 6.45) is 1.90. The van der Waals surface area contributed by atoms with Crippen LogP contribution in [-0.2, 0) is 4.79 Å². The van der Waals surface area contributed by atoms with Crippen molar-refractivity contribution in [2.45, 2.75) is 46.6 Å². The third-order valence-corrected chi connectivity index (χ3v) is 4.46. The maximum Gasteiger partial charge on any atom is 0.262 e. The zero-order chi connectivity index (χ0) is 17.9. The number of amides is 3. The monoisotopic (exact) mass is 330 g/mol. The van der Waals surface area contributed by atoms with Gasteiger partial charge in [0.15, 0.2) is 0 Å². The molecular formula is C19H26N2O3. The smallest absolute Gasteiger partial charge is 0.262 e. The molecular weight excluding hydrogens is 304 g/mol. The van der Waals surface area contributed by atoms with Crippen LogP contribution in [0.5, 0.6) is 0 Å². The van der Waals surface area contributed by atoms with E-state index in [4.69, 9.17) is 0 Å². The molecule has 1 aliphatic heterocycles. The van der Waals surface area contributed by atoms with E-state index in [-0.39, 0.29) is 23.6 Å². The van der Waals surface area contributed by atoms with Crippen molar-refractivity contribution in [1.82, 2.24) is 9.80 Å². The van der Waals surface area contributed by atoms with Crippen LogP contribution in [0.15, 0.2) is 24.3 Å². The second-order valence-electron chi connectivity index (χ2n) is 6.49. The highest BCUT2D eigenvalue weighted by molar-refractivity contribution is 6.22. The molecule has 0 saturated carbocycles. The first-order valence-corrected chi connectivity index (χ1v) is 8.69. The van der Waals surface area contributed by atoms with Crippen LogP contribution in [0.25, 0.3) is 0 Å². The van der Waals surface area contributed by atoms with Gasteiger partial charge in [-0.1, -0.05) is 39.3 Å². The van der Waals surface area contributed by atoms with Gasteiger partial charge in [0, 0.05) is 13.1 Å². The number of nitrogens with zero attached hydrogens (tertiary/aromatic N) is 2. The van der Waals surface area contributed by atoms with Crippen LogP contribution in [0.1, 0.15) is 61.3 Å². The van der Waals surface area contributed by atoms with Gasteiger partial charge in [0.2, 0.25) is 5.91 Å². The van der Waals surface area contributed by atoms with Gasteiger partial charge in [-0.2, -0.15) is 0 Å². The molecule has 130 valence electrons. The lowest BCUT2D eigenvalue weighted by Crippen LogP contribution is -2.53. The van der Waals surface area contributed by atoms with E-state index >= 15 is 0 Å². The molecule has 1 aliphatic rings. The highest BCUT2D eigenvalue weighted by Gasteiger charge is 2.44. The summed E-state index contributed by atoms with van der Waals surface area (Å²) in [7, 11) is 0. The first kappa shape index (κ1) is 18.2. The highest BCUT2D eigenvalue weighted by Crippen LogP contribution is 2.28. The molecule has 1 aromatic rings. The van der Waals surface area contributed by atoms with E-state index < -0.39 is 6.04 Å². The number of carbonyl (C=O) groups excluding carboxylic acids is 3. The standard InChI is InChI=1S/C19H26N2O3/c1-5-7-12-20(6-2)19(24)16(13(3)4)21-17(22)14-10-8-9-11-15(14)18(21)23/h8-11,13,16H,5-7,12H2,1-4H3. The van der Waals surface area contributed by atoms with Gasteiger partial charge in [-0.25, -0.2) is 0 Å². The molecule has 5 heteroatoms. The lowest BCUT2D eigenvalue weighted by Gasteiger charge is -2.33. The number of rotatable bonds is 7. The Balaban J connectivity index is 2.33. The second-order valence-corrected chi connectivity index (χ2v) is 6.49. The molecule has 2 rings (SSSR count). The summed E-state index contributed by atoms with van der Waals surface area (Å²) in [6.45, 7) is 8.97.